The summed E-state index contributed by atoms with van der Waals surface area (Å²) in [5.74, 6) is 0.548. The van der Waals surface area contributed by atoms with E-state index in [2.05, 4.69) is 5.32 Å². The van der Waals surface area contributed by atoms with Gasteiger partial charge >= 0.3 is 0 Å². The number of carbonyl (C=O) groups is 2. The van der Waals surface area contributed by atoms with Gasteiger partial charge in [0.2, 0.25) is 5.91 Å². The van der Waals surface area contributed by atoms with Crippen LogP contribution in [0, 0.1) is 0 Å². The van der Waals surface area contributed by atoms with Crippen molar-refractivity contribution in [1.29, 1.82) is 0 Å². The summed E-state index contributed by atoms with van der Waals surface area (Å²) in [5.41, 5.74) is 1.61. The topological polar surface area (TPSA) is 55.4 Å². The second-order valence-corrected chi connectivity index (χ2v) is 4.14. The van der Waals surface area contributed by atoms with Gasteiger partial charge in [0, 0.05) is 18.1 Å². The molecule has 1 amide bonds. The van der Waals surface area contributed by atoms with Crippen LogP contribution in [0.15, 0.2) is 18.2 Å². The van der Waals surface area contributed by atoms with Crippen LogP contribution in [0.3, 0.4) is 0 Å². The second kappa shape index (κ2) is 4.57. The molecule has 17 heavy (non-hydrogen) atoms. The largest absolute Gasteiger partial charge is 0.496 e. The number of carbonyl (C=O) groups excluding carboxylic acids is 2. The number of benzene rings is 1. The summed E-state index contributed by atoms with van der Waals surface area (Å²) in [6.45, 7) is 1.42. The van der Waals surface area contributed by atoms with Crippen LogP contribution in [0.4, 0.5) is 0 Å². The van der Waals surface area contributed by atoms with E-state index in [1.807, 2.05) is 6.07 Å². The van der Waals surface area contributed by atoms with Gasteiger partial charge in [0.15, 0.2) is 5.78 Å². The van der Waals surface area contributed by atoms with Crippen molar-refractivity contribution < 1.29 is 14.3 Å². The number of hydrogen-bond donors (Lipinski definition) is 1. The lowest BCUT2D eigenvalue weighted by Crippen LogP contribution is -2.42. The van der Waals surface area contributed by atoms with Crippen molar-refractivity contribution in [3.05, 3.63) is 29.3 Å². The van der Waals surface area contributed by atoms with Crippen LogP contribution >= 0.6 is 0 Å². The number of ketones is 1. The lowest BCUT2D eigenvalue weighted by molar-refractivity contribution is -0.119. The number of nitrogens with one attached hydrogen (secondary N) is 1. The van der Waals surface area contributed by atoms with Gasteiger partial charge in [-0.05, 0) is 18.9 Å². The molecule has 1 atom stereocenters. The van der Waals surface area contributed by atoms with Gasteiger partial charge in [-0.1, -0.05) is 12.1 Å². The molecule has 0 heterocycles. The third-order valence-electron chi connectivity index (χ3n) is 3.00. The van der Waals surface area contributed by atoms with Crippen LogP contribution in [0.25, 0.3) is 0 Å². The highest BCUT2D eigenvalue weighted by molar-refractivity contribution is 6.04. The van der Waals surface area contributed by atoms with Crippen LogP contribution in [0.5, 0.6) is 5.75 Å². The monoisotopic (exact) mass is 233 g/mol. The predicted molar refractivity (Wildman–Crippen MR) is 63.3 cm³/mol. The molecule has 1 aromatic carbocycles. The van der Waals surface area contributed by atoms with Gasteiger partial charge in [-0.2, -0.15) is 0 Å². The van der Waals surface area contributed by atoms with Gasteiger partial charge in [0.25, 0.3) is 0 Å². The van der Waals surface area contributed by atoms with E-state index in [1.54, 1.807) is 19.2 Å². The van der Waals surface area contributed by atoms with E-state index in [4.69, 9.17) is 4.74 Å². The Bertz CT molecular complexity index is 468. The first kappa shape index (κ1) is 11.6. The maximum absolute atomic E-state index is 12.2. The zero-order chi connectivity index (χ0) is 12.4. The molecule has 0 aliphatic heterocycles. The average Bonchev–Trinajstić information content (AvgIpc) is 2.31. The minimum atomic E-state index is -0.396. The Morgan fingerprint density at radius 2 is 2.24 bits per heavy atom. The number of Topliss-reactive ketones (excluding diaryl/α,β-unsaturated/α-hetero) is 1. The van der Waals surface area contributed by atoms with Crippen LogP contribution in [0.2, 0.25) is 0 Å². The van der Waals surface area contributed by atoms with Crippen molar-refractivity contribution in [3.8, 4) is 5.75 Å². The van der Waals surface area contributed by atoms with Crippen LogP contribution in [0.1, 0.15) is 29.3 Å². The molecular formula is C13H15NO3. The second-order valence-electron chi connectivity index (χ2n) is 4.14. The molecule has 2 rings (SSSR count). The summed E-state index contributed by atoms with van der Waals surface area (Å²) in [7, 11) is 1.60. The number of methoxy groups -OCH3 is 1. The molecule has 0 spiro atoms. The van der Waals surface area contributed by atoms with Gasteiger partial charge in [-0.3, -0.25) is 9.59 Å². The minimum absolute atomic E-state index is 0.0275. The molecule has 1 aromatic rings. The SMILES string of the molecule is COc1cccc2c1CC[C@H](NC(C)=O)C2=O. The fourth-order valence-corrected chi connectivity index (χ4v) is 2.24. The quantitative estimate of drug-likeness (QED) is 0.838. The Morgan fingerprint density at radius 3 is 2.88 bits per heavy atom. The first-order chi connectivity index (χ1) is 8.13. The summed E-state index contributed by atoms with van der Waals surface area (Å²) < 4.78 is 5.24. The van der Waals surface area contributed by atoms with Crippen molar-refractivity contribution in [1.82, 2.24) is 5.32 Å². The molecule has 4 nitrogen and oxygen atoms in total. The molecule has 1 N–H and O–H groups in total. The Morgan fingerprint density at radius 1 is 1.47 bits per heavy atom. The Labute approximate surface area is 100.0 Å². The van der Waals surface area contributed by atoms with Crippen molar-refractivity contribution in [3.63, 3.8) is 0 Å². The summed E-state index contributed by atoms with van der Waals surface area (Å²) in [6.07, 6.45) is 1.38. The smallest absolute Gasteiger partial charge is 0.217 e. The number of hydrogen-bond acceptors (Lipinski definition) is 3. The molecule has 1 aliphatic carbocycles. The fraction of sp³-hybridized carbons (Fsp3) is 0.385. The van der Waals surface area contributed by atoms with Crippen molar-refractivity contribution in [2.24, 2.45) is 0 Å². The van der Waals surface area contributed by atoms with E-state index < -0.39 is 6.04 Å². The molecular weight excluding hydrogens is 218 g/mol. The molecule has 0 saturated heterocycles. The van der Waals surface area contributed by atoms with Crippen molar-refractivity contribution in [2.45, 2.75) is 25.8 Å². The Hall–Kier alpha value is -1.84. The number of rotatable bonds is 2. The van der Waals surface area contributed by atoms with Gasteiger partial charge in [0.1, 0.15) is 5.75 Å². The maximum Gasteiger partial charge on any atom is 0.217 e. The first-order valence-electron chi connectivity index (χ1n) is 5.60. The lowest BCUT2D eigenvalue weighted by Gasteiger charge is -2.24. The van der Waals surface area contributed by atoms with E-state index in [0.29, 0.717) is 12.0 Å². The van der Waals surface area contributed by atoms with Gasteiger partial charge in [-0.25, -0.2) is 0 Å². The summed E-state index contributed by atoms with van der Waals surface area (Å²) in [5, 5.41) is 2.68. The van der Waals surface area contributed by atoms with Crippen molar-refractivity contribution in [2.75, 3.05) is 7.11 Å². The lowest BCUT2D eigenvalue weighted by atomic mass is 9.86. The molecule has 90 valence electrons. The highest BCUT2D eigenvalue weighted by Crippen LogP contribution is 2.29. The average molecular weight is 233 g/mol. The third-order valence-corrected chi connectivity index (χ3v) is 3.00. The Balaban J connectivity index is 2.33. The van der Waals surface area contributed by atoms with Crippen molar-refractivity contribution >= 4 is 11.7 Å². The normalized spacial score (nSPS) is 18.5. The minimum Gasteiger partial charge on any atom is -0.496 e. The van der Waals surface area contributed by atoms with Crippen LogP contribution in [-0.2, 0) is 11.2 Å². The molecule has 0 radical (unpaired) electrons. The molecule has 0 unspecified atom stereocenters. The predicted octanol–water partition coefficient (Wildman–Crippen LogP) is 1.33. The van der Waals surface area contributed by atoms with Gasteiger partial charge in [0.05, 0.1) is 13.2 Å². The summed E-state index contributed by atoms with van der Waals surface area (Å²) in [6, 6.07) is 5.04. The number of fused-ring (bicyclic) bond motifs is 1. The van der Waals surface area contributed by atoms with Crippen LogP contribution < -0.4 is 10.1 Å². The third kappa shape index (κ3) is 2.16. The highest BCUT2D eigenvalue weighted by Gasteiger charge is 2.29. The number of ether oxygens (including phenoxy) is 1. The Kier molecular flexibility index (Phi) is 3.13. The maximum atomic E-state index is 12.2. The van der Waals surface area contributed by atoms with E-state index >= 15 is 0 Å². The molecule has 0 bridgehead atoms. The van der Waals surface area contributed by atoms with E-state index in [0.717, 1.165) is 17.7 Å². The van der Waals surface area contributed by atoms with E-state index in [-0.39, 0.29) is 11.7 Å². The zero-order valence-corrected chi connectivity index (χ0v) is 9.95. The zero-order valence-electron chi connectivity index (χ0n) is 9.95. The molecule has 4 heteroatoms. The molecule has 0 fully saturated rings. The van der Waals surface area contributed by atoms with Gasteiger partial charge < -0.3 is 10.1 Å². The first-order valence-corrected chi connectivity index (χ1v) is 5.60. The fourth-order valence-electron chi connectivity index (χ4n) is 2.24. The highest BCUT2D eigenvalue weighted by atomic mass is 16.5. The van der Waals surface area contributed by atoms with Gasteiger partial charge in [-0.15, -0.1) is 0 Å². The van der Waals surface area contributed by atoms with E-state index in [1.165, 1.54) is 6.92 Å². The molecule has 0 saturated carbocycles. The summed E-state index contributed by atoms with van der Waals surface area (Å²) >= 11 is 0. The van der Waals surface area contributed by atoms with Crippen LogP contribution in [-0.4, -0.2) is 24.8 Å². The number of amides is 1. The molecule has 1 aliphatic rings. The summed E-state index contributed by atoms with van der Waals surface area (Å²) in [4.78, 5) is 23.2. The standard InChI is InChI=1S/C13H15NO3/c1-8(15)14-11-7-6-9-10(13(11)16)4-3-5-12(9)17-2/h3-5,11H,6-7H2,1-2H3,(H,14,15)/t11-/m0/s1. The van der Waals surface area contributed by atoms with E-state index in [9.17, 15) is 9.59 Å². The molecule has 0 aromatic heterocycles.